The second-order valence-electron chi connectivity index (χ2n) is 5.63. The summed E-state index contributed by atoms with van der Waals surface area (Å²) in [5.74, 6) is 1.82. The van der Waals surface area contributed by atoms with Crippen molar-refractivity contribution >= 4 is 0 Å². The van der Waals surface area contributed by atoms with Crippen LogP contribution in [0.5, 0.6) is 11.5 Å². The van der Waals surface area contributed by atoms with Gasteiger partial charge in [-0.3, -0.25) is 0 Å². The Bertz CT molecular complexity index is 438. The molecule has 0 unspecified atom stereocenters. The Morgan fingerprint density at radius 3 is 2.58 bits per heavy atom. The molecule has 3 heteroatoms. The Morgan fingerprint density at radius 1 is 1.11 bits per heavy atom. The van der Waals surface area contributed by atoms with Crippen molar-refractivity contribution in [1.82, 2.24) is 5.32 Å². The zero-order valence-corrected chi connectivity index (χ0v) is 11.7. The minimum absolute atomic E-state index is 0.297. The van der Waals surface area contributed by atoms with Crippen molar-refractivity contribution in [3.8, 4) is 11.5 Å². The highest BCUT2D eigenvalue weighted by atomic mass is 16.6. The van der Waals surface area contributed by atoms with Crippen LogP contribution in [0.25, 0.3) is 0 Å². The molecule has 1 saturated carbocycles. The summed E-state index contributed by atoms with van der Waals surface area (Å²) in [5.41, 5.74) is 1.71. The molecule has 0 bridgehead atoms. The molecule has 1 aliphatic carbocycles. The summed E-state index contributed by atoms with van der Waals surface area (Å²) < 4.78 is 11.3. The van der Waals surface area contributed by atoms with Crippen molar-refractivity contribution < 1.29 is 9.47 Å². The van der Waals surface area contributed by atoms with Gasteiger partial charge in [0.05, 0.1) is 0 Å². The van der Waals surface area contributed by atoms with Crippen LogP contribution in [-0.2, 0) is 5.41 Å². The molecule has 1 aliphatic heterocycles. The predicted molar refractivity (Wildman–Crippen MR) is 76.1 cm³/mol. The Kier molecular flexibility index (Phi) is 3.65. The molecule has 2 aliphatic rings. The fourth-order valence-corrected chi connectivity index (χ4v) is 3.36. The quantitative estimate of drug-likeness (QED) is 0.904. The lowest BCUT2D eigenvalue weighted by molar-refractivity contribution is 0.171. The number of nitrogens with one attached hydrogen (secondary N) is 1. The summed E-state index contributed by atoms with van der Waals surface area (Å²) in [4.78, 5) is 0. The third-order valence-corrected chi connectivity index (χ3v) is 4.43. The van der Waals surface area contributed by atoms with Crippen molar-refractivity contribution in [2.75, 3.05) is 26.3 Å². The molecule has 0 amide bonds. The lowest BCUT2D eigenvalue weighted by Gasteiger charge is -2.31. The molecule has 0 aromatic heterocycles. The van der Waals surface area contributed by atoms with E-state index in [1.54, 1.807) is 0 Å². The number of hydrogen-bond acceptors (Lipinski definition) is 3. The average molecular weight is 261 g/mol. The predicted octanol–water partition coefficient (Wildman–Crippen LogP) is 2.88. The van der Waals surface area contributed by atoms with Crippen molar-refractivity contribution in [2.45, 2.75) is 38.0 Å². The van der Waals surface area contributed by atoms with Gasteiger partial charge in [0, 0.05) is 12.0 Å². The third-order valence-electron chi connectivity index (χ3n) is 4.43. The molecular weight excluding hydrogens is 238 g/mol. The molecule has 1 aromatic rings. The highest BCUT2D eigenvalue weighted by Crippen LogP contribution is 2.43. The van der Waals surface area contributed by atoms with E-state index in [0.29, 0.717) is 18.6 Å². The Hall–Kier alpha value is -1.22. The van der Waals surface area contributed by atoms with E-state index in [1.165, 1.54) is 31.2 Å². The van der Waals surface area contributed by atoms with Crippen LogP contribution in [0.15, 0.2) is 18.2 Å². The van der Waals surface area contributed by atoms with E-state index in [9.17, 15) is 0 Å². The topological polar surface area (TPSA) is 30.5 Å². The standard InChI is InChI=1S/C16H23NO2/c1-2-17-12-16(7-3-4-8-16)13-5-6-14-15(11-13)19-10-9-18-14/h5-6,11,17H,2-4,7-10,12H2,1H3. The molecule has 1 aromatic carbocycles. The monoisotopic (exact) mass is 261 g/mol. The van der Waals surface area contributed by atoms with Gasteiger partial charge >= 0.3 is 0 Å². The van der Waals surface area contributed by atoms with Gasteiger partial charge in [0.15, 0.2) is 11.5 Å². The first-order valence-corrected chi connectivity index (χ1v) is 7.45. The van der Waals surface area contributed by atoms with Crippen LogP contribution in [0.4, 0.5) is 0 Å². The van der Waals surface area contributed by atoms with Gasteiger partial charge < -0.3 is 14.8 Å². The number of rotatable bonds is 4. The molecule has 1 fully saturated rings. The zero-order valence-electron chi connectivity index (χ0n) is 11.7. The van der Waals surface area contributed by atoms with E-state index in [-0.39, 0.29) is 0 Å². The summed E-state index contributed by atoms with van der Waals surface area (Å²) in [5, 5.41) is 3.54. The average Bonchev–Trinajstić information content (AvgIpc) is 2.95. The molecule has 0 radical (unpaired) electrons. The molecule has 19 heavy (non-hydrogen) atoms. The van der Waals surface area contributed by atoms with Crippen molar-refractivity contribution in [1.29, 1.82) is 0 Å². The third kappa shape index (κ3) is 2.44. The van der Waals surface area contributed by atoms with Crippen molar-refractivity contribution in [3.63, 3.8) is 0 Å². The fourth-order valence-electron chi connectivity index (χ4n) is 3.36. The van der Waals surface area contributed by atoms with E-state index in [2.05, 4.69) is 30.4 Å². The van der Waals surface area contributed by atoms with Gasteiger partial charge in [-0.15, -0.1) is 0 Å². The second-order valence-corrected chi connectivity index (χ2v) is 5.63. The number of ether oxygens (including phenoxy) is 2. The molecule has 0 atom stereocenters. The van der Waals surface area contributed by atoms with Crippen LogP contribution < -0.4 is 14.8 Å². The maximum absolute atomic E-state index is 5.73. The van der Waals surface area contributed by atoms with Gasteiger partial charge in [-0.2, -0.15) is 0 Å². The lowest BCUT2D eigenvalue weighted by atomic mass is 9.78. The summed E-state index contributed by atoms with van der Waals surface area (Å²) in [6.07, 6.45) is 5.22. The summed E-state index contributed by atoms with van der Waals surface area (Å²) in [7, 11) is 0. The van der Waals surface area contributed by atoms with E-state index in [4.69, 9.17) is 9.47 Å². The Morgan fingerprint density at radius 2 is 1.84 bits per heavy atom. The number of benzene rings is 1. The Labute approximate surface area is 115 Å². The first kappa shape index (κ1) is 12.8. The fraction of sp³-hybridized carbons (Fsp3) is 0.625. The minimum atomic E-state index is 0.297. The molecule has 1 heterocycles. The van der Waals surface area contributed by atoms with E-state index in [0.717, 1.165) is 24.6 Å². The summed E-state index contributed by atoms with van der Waals surface area (Å²) >= 11 is 0. The number of fused-ring (bicyclic) bond motifs is 1. The van der Waals surface area contributed by atoms with Gasteiger partial charge in [-0.25, -0.2) is 0 Å². The van der Waals surface area contributed by atoms with Gasteiger partial charge in [-0.05, 0) is 37.1 Å². The molecule has 1 N–H and O–H groups in total. The van der Waals surface area contributed by atoms with Crippen molar-refractivity contribution in [2.24, 2.45) is 0 Å². The summed E-state index contributed by atoms with van der Waals surface area (Å²) in [6, 6.07) is 6.52. The summed E-state index contributed by atoms with van der Waals surface area (Å²) in [6.45, 7) is 5.60. The highest BCUT2D eigenvalue weighted by molar-refractivity contribution is 5.46. The van der Waals surface area contributed by atoms with Crippen LogP contribution >= 0.6 is 0 Å². The normalized spacial score (nSPS) is 20.5. The van der Waals surface area contributed by atoms with Gasteiger partial charge in [0.25, 0.3) is 0 Å². The van der Waals surface area contributed by atoms with Gasteiger partial charge in [-0.1, -0.05) is 25.8 Å². The maximum atomic E-state index is 5.73. The van der Waals surface area contributed by atoms with E-state index >= 15 is 0 Å². The second kappa shape index (κ2) is 5.41. The number of hydrogen-bond donors (Lipinski definition) is 1. The van der Waals surface area contributed by atoms with Crippen molar-refractivity contribution in [3.05, 3.63) is 23.8 Å². The first-order valence-electron chi connectivity index (χ1n) is 7.45. The first-order chi connectivity index (χ1) is 9.34. The largest absolute Gasteiger partial charge is 0.486 e. The van der Waals surface area contributed by atoms with E-state index < -0.39 is 0 Å². The molecular formula is C16H23NO2. The van der Waals surface area contributed by atoms with Gasteiger partial charge in [0.2, 0.25) is 0 Å². The smallest absolute Gasteiger partial charge is 0.161 e. The molecule has 0 spiro atoms. The lowest BCUT2D eigenvalue weighted by Crippen LogP contribution is -2.36. The molecule has 0 saturated heterocycles. The maximum Gasteiger partial charge on any atom is 0.161 e. The minimum Gasteiger partial charge on any atom is -0.486 e. The molecule has 104 valence electrons. The van der Waals surface area contributed by atoms with E-state index in [1.807, 2.05) is 0 Å². The van der Waals surface area contributed by atoms with Crippen LogP contribution in [0.3, 0.4) is 0 Å². The van der Waals surface area contributed by atoms with Crippen LogP contribution in [0.2, 0.25) is 0 Å². The zero-order chi connectivity index (χ0) is 13.1. The van der Waals surface area contributed by atoms with Crippen LogP contribution in [-0.4, -0.2) is 26.3 Å². The SMILES string of the molecule is CCNCC1(c2ccc3c(c2)OCCO3)CCCC1. The van der Waals surface area contributed by atoms with Crippen LogP contribution in [0.1, 0.15) is 38.2 Å². The van der Waals surface area contributed by atoms with Gasteiger partial charge in [0.1, 0.15) is 13.2 Å². The van der Waals surface area contributed by atoms with Crippen LogP contribution in [0, 0.1) is 0 Å². The number of likely N-dealkylation sites (N-methyl/N-ethyl adjacent to an activating group) is 1. The highest BCUT2D eigenvalue weighted by Gasteiger charge is 2.35. The molecule has 3 nitrogen and oxygen atoms in total. The molecule has 3 rings (SSSR count). The Balaban J connectivity index is 1.89.